The Balaban J connectivity index is 1.12. The number of anilines is 2. The summed E-state index contributed by atoms with van der Waals surface area (Å²) in [5.74, 6) is -1.30. The van der Waals surface area contributed by atoms with Gasteiger partial charge < -0.3 is 25.8 Å². The number of para-hydroxylation sites is 1. The Morgan fingerprint density at radius 1 is 0.957 bits per heavy atom. The van der Waals surface area contributed by atoms with Crippen molar-refractivity contribution in [1.82, 2.24) is 19.6 Å². The van der Waals surface area contributed by atoms with Crippen molar-refractivity contribution in [1.29, 1.82) is 0 Å². The van der Waals surface area contributed by atoms with Crippen molar-refractivity contribution in [2.45, 2.75) is 69.6 Å². The molecule has 1 unspecified atom stereocenters. The van der Waals surface area contributed by atoms with E-state index in [-0.39, 0.29) is 53.4 Å². The maximum atomic E-state index is 13.8. The molecule has 0 saturated carbocycles. The van der Waals surface area contributed by atoms with Crippen LogP contribution in [0, 0.1) is 5.92 Å². The molecule has 1 atom stereocenters. The zero-order valence-corrected chi connectivity index (χ0v) is 27.2. The number of nitrogens with one attached hydrogen (secondary N) is 1. The molecule has 3 N–H and O–H groups in total. The summed E-state index contributed by atoms with van der Waals surface area (Å²) in [6, 6.07) is 10.1. The zero-order chi connectivity index (χ0) is 33.3. The van der Waals surface area contributed by atoms with Gasteiger partial charge in [-0.15, -0.1) is 0 Å². The Bertz CT molecular complexity index is 1490. The highest BCUT2D eigenvalue weighted by molar-refractivity contribution is 6.33. The number of nitrogens with two attached hydrogens (primary N) is 1. The van der Waals surface area contributed by atoms with E-state index < -0.39 is 23.3 Å². The van der Waals surface area contributed by atoms with E-state index in [1.165, 1.54) is 12.5 Å². The van der Waals surface area contributed by atoms with E-state index in [2.05, 4.69) is 10.2 Å². The molecule has 254 valence electrons. The van der Waals surface area contributed by atoms with E-state index in [4.69, 9.17) is 17.3 Å². The summed E-state index contributed by atoms with van der Waals surface area (Å²) in [5, 5.41) is 2.77. The highest BCUT2D eigenvalue weighted by Gasteiger charge is 2.40. The molecule has 4 amide bonds. The van der Waals surface area contributed by atoms with Gasteiger partial charge in [0.05, 0.1) is 22.2 Å². The predicted octanol–water partition coefficient (Wildman–Crippen LogP) is 5.27. The topological polar surface area (TPSA) is 102 Å². The van der Waals surface area contributed by atoms with Crippen LogP contribution in [0.25, 0.3) is 0 Å². The van der Waals surface area contributed by atoms with Crippen LogP contribution >= 0.6 is 11.6 Å². The molecule has 0 bridgehead atoms. The van der Waals surface area contributed by atoms with E-state index in [9.17, 15) is 27.6 Å². The number of benzene rings is 2. The number of rotatable bonds is 7. The Hall–Kier alpha value is -3.51. The maximum absolute atomic E-state index is 13.8. The molecule has 0 aliphatic carbocycles. The third-order valence-corrected chi connectivity index (χ3v) is 10.5. The van der Waals surface area contributed by atoms with E-state index in [1.54, 1.807) is 9.80 Å². The largest absolute Gasteiger partial charge is 0.418 e. The number of amides is 4. The maximum Gasteiger partial charge on any atom is 0.418 e. The van der Waals surface area contributed by atoms with Crippen molar-refractivity contribution >= 4 is 40.8 Å². The molecule has 3 saturated heterocycles. The van der Waals surface area contributed by atoms with Crippen molar-refractivity contribution in [3.63, 3.8) is 0 Å². The van der Waals surface area contributed by atoms with Gasteiger partial charge in [-0.05, 0) is 80.9 Å². The van der Waals surface area contributed by atoms with Crippen molar-refractivity contribution in [3.8, 4) is 0 Å². The van der Waals surface area contributed by atoms with Gasteiger partial charge in [0.1, 0.15) is 0 Å². The van der Waals surface area contributed by atoms with Crippen LogP contribution in [0.4, 0.5) is 29.3 Å². The van der Waals surface area contributed by atoms with Gasteiger partial charge >= 0.3 is 12.2 Å². The molecule has 3 fully saturated rings. The lowest BCUT2D eigenvalue weighted by Gasteiger charge is -2.47. The molecule has 2 aromatic carbocycles. The van der Waals surface area contributed by atoms with Crippen molar-refractivity contribution < 1.29 is 27.6 Å². The van der Waals surface area contributed by atoms with Crippen LogP contribution in [-0.2, 0) is 28.6 Å². The fraction of sp³-hybridized carbons (Fsp3) is 0.559. The number of carbonyl (C=O) groups excluding carboxylic acids is 3. The minimum Gasteiger partial charge on any atom is -0.397 e. The molecule has 0 radical (unpaired) electrons. The molecule has 0 aromatic heterocycles. The fourth-order valence-electron chi connectivity index (χ4n) is 7.47. The monoisotopic (exact) mass is 674 g/mol. The molecule has 9 nitrogen and oxygen atoms in total. The second kappa shape index (κ2) is 13.9. The fourth-order valence-corrected chi connectivity index (χ4v) is 7.71. The number of alkyl halides is 3. The lowest BCUT2D eigenvalue weighted by atomic mass is 9.90. The lowest BCUT2D eigenvalue weighted by molar-refractivity contribution is -0.147. The first-order valence-corrected chi connectivity index (χ1v) is 17.0. The third-order valence-electron chi connectivity index (χ3n) is 10.2. The number of urea groups is 1. The van der Waals surface area contributed by atoms with Crippen LogP contribution < -0.4 is 11.1 Å². The smallest absolute Gasteiger partial charge is 0.397 e. The number of halogens is 4. The van der Waals surface area contributed by atoms with Gasteiger partial charge in [0, 0.05) is 56.9 Å². The molecule has 4 heterocycles. The number of hydrogen-bond acceptors (Lipinski definition) is 5. The second-order valence-electron chi connectivity index (χ2n) is 13.3. The molecule has 2 aromatic rings. The Kier molecular flexibility index (Phi) is 9.89. The average Bonchev–Trinajstić information content (AvgIpc) is 3.19. The number of fused-ring (bicyclic) bond motifs is 1. The molecule has 4 aliphatic rings. The Morgan fingerprint density at radius 3 is 2.36 bits per heavy atom. The highest BCUT2D eigenvalue weighted by atomic mass is 35.5. The van der Waals surface area contributed by atoms with Crippen LogP contribution in [0.1, 0.15) is 55.2 Å². The summed E-state index contributed by atoms with van der Waals surface area (Å²) in [5.41, 5.74) is 6.16. The van der Waals surface area contributed by atoms with Crippen molar-refractivity contribution in [2.75, 3.05) is 56.9 Å². The first-order chi connectivity index (χ1) is 22.5. The van der Waals surface area contributed by atoms with Crippen LogP contribution in [0.2, 0.25) is 5.02 Å². The van der Waals surface area contributed by atoms with Gasteiger partial charge in [-0.3, -0.25) is 14.5 Å². The number of piperidine rings is 2. The first kappa shape index (κ1) is 33.4. The van der Waals surface area contributed by atoms with Gasteiger partial charge in [-0.1, -0.05) is 36.2 Å². The standard InChI is InChI=1S/C34H42ClF3N6O3/c35-28-18-22(17-27(31(28)39)34(36,37)38)16-24(32(46)43-20-26(21-43)41-11-4-1-5-12-41)19-30(45)42-13-9-25(10-14-42)44-15-8-23-6-2-3-7-29(23)40-33(44)47/h2-3,6-7,17-18,24-26H,1,4-5,8-16,19-21,39H2,(H,40,47). The van der Waals surface area contributed by atoms with Gasteiger partial charge in [-0.2, -0.15) is 13.2 Å². The van der Waals surface area contributed by atoms with Crippen molar-refractivity contribution in [3.05, 3.63) is 58.1 Å². The van der Waals surface area contributed by atoms with Crippen LogP contribution in [-0.4, -0.2) is 95.3 Å². The molecule has 4 aliphatic heterocycles. The summed E-state index contributed by atoms with van der Waals surface area (Å²) in [6.45, 7) is 4.53. The number of likely N-dealkylation sites (tertiary alicyclic amines) is 3. The van der Waals surface area contributed by atoms with Crippen LogP contribution in [0.3, 0.4) is 0 Å². The van der Waals surface area contributed by atoms with Gasteiger partial charge in [0.15, 0.2) is 0 Å². The van der Waals surface area contributed by atoms with E-state index in [0.717, 1.165) is 49.7 Å². The van der Waals surface area contributed by atoms with Crippen molar-refractivity contribution in [2.24, 2.45) is 5.92 Å². The SMILES string of the molecule is Nc1c(Cl)cc(CC(CC(=O)N2CCC(N3CCc4ccccc4NC3=O)CC2)C(=O)N2CC(N3CCCCC3)C2)cc1C(F)(F)F. The molecule has 6 rings (SSSR count). The number of carbonyl (C=O) groups is 3. The van der Waals surface area contributed by atoms with E-state index >= 15 is 0 Å². The second-order valence-corrected chi connectivity index (χ2v) is 13.7. The van der Waals surface area contributed by atoms with Gasteiger partial charge in [0.25, 0.3) is 0 Å². The lowest BCUT2D eigenvalue weighted by Crippen LogP contribution is -2.63. The predicted molar refractivity (Wildman–Crippen MR) is 174 cm³/mol. The average molecular weight is 675 g/mol. The quantitative estimate of drug-likeness (QED) is 0.390. The summed E-state index contributed by atoms with van der Waals surface area (Å²) in [4.78, 5) is 48.2. The number of nitrogen functional groups attached to an aromatic ring is 1. The normalized spacial score (nSPS) is 20.7. The molecular weight excluding hydrogens is 633 g/mol. The Labute approximate surface area is 278 Å². The molecule has 47 heavy (non-hydrogen) atoms. The van der Waals surface area contributed by atoms with E-state index in [0.29, 0.717) is 45.6 Å². The van der Waals surface area contributed by atoms with Gasteiger partial charge in [-0.25, -0.2) is 4.79 Å². The summed E-state index contributed by atoms with van der Waals surface area (Å²) < 4.78 is 41.2. The third kappa shape index (κ3) is 7.48. The van der Waals surface area contributed by atoms with Crippen LogP contribution in [0.15, 0.2) is 36.4 Å². The summed E-state index contributed by atoms with van der Waals surface area (Å²) in [6.07, 6.45) is 0.494. The number of nitrogens with zero attached hydrogens (tertiary/aromatic N) is 4. The summed E-state index contributed by atoms with van der Waals surface area (Å²) >= 11 is 6.11. The minimum atomic E-state index is -4.71. The first-order valence-electron chi connectivity index (χ1n) is 16.6. The zero-order valence-electron chi connectivity index (χ0n) is 26.4. The Morgan fingerprint density at radius 2 is 1.66 bits per heavy atom. The highest BCUT2D eigenvalue weighted by Crippen LogP contribution is 2.39. The molecule has 13 heteroatoms. The van der Waals surface area contributed by atoms with E-state index in [1.807, 2.05) is 29.2 Å². The number of hydrogen-bond donors (Lipinski definition) is 2. The van der Waals surface area contributed by atoms with Crippen LogP contribution in [0.5, 0.6) is 0 Å². The summed E-state index contributed by atoms with van der Waals surface area (Å²) in [7, 11) is 0. The molecule has 0 spiro atoms. The molecular formula is C34H42ClF3N6O3. The minimum absolute atomic E-state index is 0.0312. The van der Waals surface area contributed by atoms with Gasteiger partial charge in [0.2, 0.25) is 11.8 Å².